The molecule has 1 aliphatic rings. The van der Waals surface area contributed by atoms with E-state index < -0.39 is 0 Å². The summed E-state index contributed by atoms with van der Waals surface area (Å²) < 4.78 is 5.62. The third-order valence-corrected chi connectivity index (χ3v) is 3.53. The van der Waals surface area contributed by atoms with E-state index in [9.17, 15) is 0 Å². The van der Waals surface area contributed by atoms with Crippen molar-refractivity contribution in [2.45, 2.75) is 65.3 Å². The SMILES string of the molecule is CCCOCCC1(CNC(C)(C)C)CCC1. The molecule has 1 aliphatic carbocycles. The highest BCUT2D eigenvalue weighted by Gasteiger charge is 2.36. The lowest BCUT2D eigenvalue weighted by Gasteiger charge is -2.44. The molecule has 2 heteroatoms. The Kier molecular flexibility index (Phi) is 5.26. The van der Waals surface area contributed by atoms with Crippen molar-refractivity contribution in [2.24, 2.45) is 5.41 Å². The minimum absolute atomic E-state index is 0.243. The Morgan fingerprint density at radius 3 is 2.31 bits per heavy atom. The maximum Gasteiger partial charge on any atom is 0.0471 e. The van der Waals surface area contributed by atoms with Crippen LogP contribution < -0.4 is 5.32 Å². The zero-order valence-corrected chi connectivity index (χ0v) is 11.6. The van der Waals surface area contributed by atoms with Gasteiger partial charge in [-0.3, -0.25) is 0 Å². The van der Waals surface area contributed by atoms with Gasteiger partial charge in [-0.2, -0.15) is 0 Å². The van der Waals surface area contributed by atoms with Crippen LogP contribution in [0.3, 0.4) is 0 Å². The standard InChI is InChI=1S/C14H29NO/c1-5-10-16-11-9-14(7-6-8-14)12-15-13(2,3)4/h15H,5-12H2,1-4H3. The van der Waals surface area contributed by atoms with Crippen molar-refractivity contribution in [3.63, 3.8) is 0 Å². The van der Waals surface area contributed by atoms with Crippen molar-refractivity contribution in [3.8, 4) is 0 Å². The van der Waals surface area contributed by atoms with Crippen LogP contribution in [0.15, 0.2) is 0 Å². The molecule has 0 amide bonds. The molecular weight excluding hydrogens is 198 g/mol. The molecular formula is C14H29NO. The molecule has 1 fully saturated rings. The zero-order chi connectivity index (χ0) is 12.1. The lowest BCUT2D eigenvalue weighted by Crippen LogP contribution is -2.47. The Hall–Kier alpha value is -0.0800. The molecule has 0 heterocycles. The van der Waals surface area contributed by atoms with E-state index >= 15 is 0 Å². The van der Waals surface area contributed by atoms with Crippen LogP contribution in [-0.2, 0) is 4.74 Å². The fourth-order valence-electron chi connectivity index (χ4n) is 2.18. The molecule has 0 unspecified atom stereocenters. The van der Waals surface area contributed by atoms with Gasteiger partial charge in [-0.15, -0.1) is 0 Å². The number of ether oxygens (including phenoxy) is 1. The average Bonchev–Trinajstić information content (AvgIpc) is 2.13. The lowest BCUT2D eigenvalue weighted by atomic mass is 9.66. The normalized spacial score (nSPS) is 19.5. The second-order valence-corrected chi connectivity index (χ2v) is 6.32. The molecule has 0 aromatic rings. The van der Waals surface area contributed by atoms with E-state index in [0.29, 0.717) is 5.41 Å². The second-order valence-electron chi connectivity index (χ2n) is 6.32. The molecule has 0 atom stereocenters. The van der Waals surface area contributed by atoms with E-state index in [1.165, 1.54) is 25.7 Å². The van der Waals surface area contributed by atoms with Gasteiger partial charge < -0.3 is 10.1 Å². The summed E-state index contributed by atoms with van der Waals surface area (Å²) in [5.74, 6) is 0. The van der Waals surface area contributed by atoms with Gasteiger partial charge >= 0.3 is 0 Å². The van der Waals surface area contributed by atoms with E-state index in [2.05, 4.69) is 33.0 Å². The molecule has 1 saturated carbocycles. The smallest absolute Gasteiger partial charge is 0.0471 e. The van der Waals surface area contributed by atoms with E-state index in [4.69, 9.17) is 4.74 Å². The molecule has 1 rings (SSSR count). The van der Waals surface area contributed by atoms with Crippen LogP contribution in [0.25, 0.3) is 0 Å². The molecule has 0 aromatic heterocycles. The Balaban J connectivity index is 2.22. The van der Waals surface area contributed by atoms with E-state index in [0.717, 1.165) is 26.2 Å². The summed E-state index contributed by atoms with van der Waals surface area (Å²) in [6, 6.07) is 0. The maximum atomic E-state index is 5.62. The van der Waals surface area contributed by atoms with Crippen LogP contribution in [0.2, 0.25) is 0 Å². The van der Waals surface area contributed by atoms with E-state index in [-0.39, 0.29) is 5.54 Å². The van der Waals surface area contributed by atoms with E-state index in [1.54, 1.807) is 0 Å². The van der Waals surface area contributed by atoms with Crippen LogP contribution in [0.5, 0.6) is 0 Å². The first-order valence-electron chi connectivity index (χ1n) is 6.80. The summed E-state index contributed by atoms with van der Waals surface area (Å²) in [6.07, 6.45) is 6.53. The predicted molar refractivity (Wildman–Crippen MR) is 69.8 cm³/mol. The summed E-state index contributed by atoms with van der Waals surface area (Å²) in [6.45, 7) is 11.9. The quantitative estimate of drug-likeness (QED) is 0.673. The van der Waals surface area contributed by atoms with Crippen LogP contribution in [0.4, 0.5) is 0 Å². The van der Waals surface area contributed by atoms with Crippen molar-refractivity contribution >= 4 is 0 Å². The van der Waals surface area contributed by atoms with Crippen molar-refractivity contribution in [3.05, 3.63) is 0 Å². The third-order valence-electron chi connectivity index (χ3n) is 3.53. The Labute approximate surface area is 101 Å². The van der Waals surface area contributed by atoms with E-state index in [1.807, 2.05) is 0 Å². The molecule has 0 saturated heterocycles. The van der Waals surface area contributed by atoms with Crippen molar-refractivity contribution < 1.29 is 4.74 Å². The summed E-state index contributed by atoms with van der Waals surface area (Å²) in [4.78, 5) is 0. The molecule has 0 bridgehead atoms. The minimum atomic E-state index is 0.243. The van der Waals surface area contributed by atoms with Gasteiger partial charge in [-0.25, -0.2) is 0 Å². The summed E-state index contributed by atoms with van der Waals surface area (Å²) in [5, 5.41) is 3.65. The first-order chi connectivity index (χ1) is 7.47. The molecule has 1 N–H and O–H groups in total. The first-order valence-corrected chi connectivity index (χ1v) is 6.80. The molecule has 0 aromatic carbocycles. The molecule has 0 radical (unpaired) electrons. The van der Waals surface area contributed by atoms with Crippen molar-refractivity contribution in [1.29, 1.82) is 0 Å². The Morgan fingerprint density at radius 2 is 1.88 bits per heavy atom. The number of rotatable bonds is 7. The van der Waals surface area contributed by atoms with Gasteiger partial charge in [0.25, 0.3) is 0 Å². The van der Waals surface area contributed by atoms with Crippen LogP contribution in [0, 0.1) is 5.41 Å². The highest BCUT2D eigenvalue weighted by Crippen LogP contribution is 2.43. The first kappa shape index (κ1) is 14.0. The fraction of sp³-hybridized carbons (Fsp3) is 1.00. The van der Waals surface area contributed by atoms with Crippen molar-refractivity contribution in [2.75, 3.05) is 19.8 Å². The highest BCUT2D eigenvalue weighted by atomic mass is 16.5. The number of hydrogen-bond donors (Lipinski definition) is 1. The summed E-state index contributed by atoms with van der Waals surface area (Å²) in [7, 11) is 0. The van der Waals surface area contributed by atoms with Crippen LogP contribution in [0.1, 0.15) is 59.8 Å². The molecule has 96 valence electrons. The monoisotopic (exact) mass is 227 g/mol. The number of nitrogens with one attached hydrogen (secondary N) is 1. The lowest BCUT2D eigenvalue weighted by molar-refractivity contribution is 0.0453. The van der Waals surface area contributed by atoms with Gasteiger partial charge in [0.05, 0.1) is 0 Å². The summed E-state index contributed by atoms with van der Waals surface area (Å²) >= 11 is 0. The molecule has 2 nitrogen and oxygen atoms in total. The highest BCUT2D eigenvalue weighted by molar-refractivity contribution is 4.91. The van der Waals surface area contributed by atoms with Crippen molar-refractivity contribution in [1.82, 2.24) is 5.32 Å². The fourth-order valence-corrected chi connectivity index (χ4v) is 2.18. The second kappa shape index (κ2) is 6.02. The minimum Gasteiger partial charge on any atom is -0.381 e. The largest absolute Gasteiger partial charge is 0.381 e. The van der Waals surface area contributed by atoms with Crippen LogP contribution in [-0.4, -0.2) is 25.3 Å². The van der Waals surface area contributed by atoms with Gasteiger partial charge in [0, 0.05) is 25.3 Å². The summed E-state index contributed by atoms with van der Waals surface area (Å²) in [5.41, 5.74) is 0.786. The molecule has 0 spiro atoms. The van der Waals surface area contributed by atoms with Gasteiger partial charge in [0.2, 0.25) is 0 Å². The Morgan fingerprint density at radius 1 is 1.19 bits per heavy atom. The van der Waals surface area contributed by atoms with Gasteiger partial charge in [0.15, 0.2) is 0 Å². The van der Waals surface area contributed by atoms with Gasteiger partial charge in [-0.1, -0.05) is 13.3 Å². The third kappa shape index (κ3) is 4.84. The topological polar surface area (TPSA) is 21.3 Å². The molecule has 0 aliphatic heterocycles. The van der Waals surface area contributed by atoms with Gasteiger partial charge in [-0.05, 0) is 51.9 Å². The average molecular weight is 227 g/mol. The number of hydrogen-bond acceptors (Lipinski definition) is 2. The van der Waals surface area contributed by atoms with Gasteiger partial charge in [0.1, 0.15) is 0 Å². The zero-order valence-electron chi connectivity index (χ0n) is 11.6. The Bertz CT molecular complexity index is 191. The maximum absolute atomic E-state index is 5.62. The molecule has 16 heavy (non-hydrogen) atoms. The van der Waals surface area contributed by atoms with Crippen LogP contribution >= 0.6 is 0 Å². The predicted octanol–water partition coefficient (Wildman–Crippen LogP) is 3.36.